The summed E-state index contributed by atoms with van der Waals surface area (Å²) in [6, 6.07) is 1.81. The molecule has 84 valence electrons. The van der Waals surface area contributed by atoms with Gasteiger partial charge in [0.25, 0.3) is 5.56 Å². The fourth-order valence-electron chi connectivity index (χ4n) is 1.30. The number of hydrogen-bond acceptors (Lipinski definition) is 3. The van der Waals surface area contributed by atoms with Gasteiger partial charge < -0.3 is 4.98 Å². The number of aromatic amines is 1. The van der Waals surface area contributed by atoms with Gasteiger partial charge in [-0.25, -0.2) is 13.1 Å². The van der Waals surface area contributed by atoms with E-state index in [2.05, 4.69) is 9.71 Å². The van der Waals surface area contributed by atoms with E-state index in [9.17, 15) is 13.2 Å². The molecule has 15 heavy (non-hydrogen) atoms. The summed E-state index contributed by atoms with van der Waals surface area (Å²) in [7, 11) is -3.27. The minimum Gasteiger partial charge on any atom is -0.326 e. The lowest BCUT2D eigenvalue weighted by molar-refractivity contribution is 0.587. The SMILES string of the molecule is Cc1cc(C)c(CNS(C)(=O)=O)c(=O)[nH]1. The van der Waals surface area contributed by atoms with E-state index >= 15 is 0 Å². The van der Waals surface area contributed by atoms with Gasteiger partial charge in [-0.15, -0.1) is 0 Å². The molecular weight excluding hydrogens is 216 g/mol. The summed E-state index contributed by atoms with van der Waals surface area (Å²) in [5.74, 6) is 0. The van der Waals surface area contributed by atoms with E-state index in [-0.39, 0.29) is 12.1 Å². The molecule has 0 aliphatic rings. The Bertz CT molecular complexity index is 517. The van der Waals surface area contributed by atoms with Crippen LogP contribution in [-0.4, -0.2) is 19.7 Å². The van der Waals surface area contributed by atoms with Crippen LogP contribution in [0.25, 0.3) is 0 Å². The first kappa shape index (κ1) is 11.9. The number of rotatable bonds is 3. The van der Waals surface area contributed by atoms with E-state index in [1.54, 1.807) is 19.9 Å². The molecule has 0 fully saturated rings. The lowest BCUT2D eigenvalue weighted by atomic mass is 10.1. The van der Waals surface area contributed by atoms with E-state index < -0.39 is 10.0 Å². The first-order valence-electron chi connectivity index (χ1n) is 4.43. The van der Waals surface area contributed by atoms with Crippen LogP contribution >= 0.6 is 0 Å². The first-order valence-corrected chi connectivity index (χ1v) is 6.33. The third kappa shape index (κ3) is 3.49. The second kappa shape index (κ2) is 4.16. The molecule has 2 N–H and O–H groups in total. The van der Waals surface area contributed by atoms with Gasteiger partial charge >= 0.3 is 0 Å². The lowest BCUT2D eigenvalue weighted by Crippen LogP contribution is -2.26. The number of hydrogen-bond donors (Lipinski definition) is 2. The second-order valence-corrected chi connectivity index (χ2v) is 5.37. The van der Waals surface area contributed by atoms with Crippen LogP contribution in [0.15, 0.2) is 10.9 Å². The summed E-state index contributed by atoms with van der Waals surface area (Å²) in [5.41, 5.74) is 1.75. The normalized spacial score (nSPS) is 11.7. The van der Waals surface area contributed by atoms with Gasteiger partial charge in [0.1, 0.15) is 0 Å². The summed E-state index contributed by atoms with van der Waals surface area (Å²) in [6.45, 7) is 3.59. The van der Waals surface area contributed by atoms with Gasteiger partial charge in [-0.05, 0) is 25.5 Å². The topological polar surface area (TPSA) is 79.0 Å². The van der Waals surface area contributed by atoms with Crippen molar-refractivity contribution in [3.8, 4) is 0 Å². The quantitative estimate of drug-likeness (QED) is 0.769. The predicted octanol–water partition coefficient (Wildman–Crippen LogP) is 0.0409. The van der Waals surface area contributed by atoms with Crippen molar-refractivity contribution in [3.63, 3.8) is 0 Å². The largest absolute Gasteiger partial charge is 0.326 e. The Balaban J connectivity index is 3.01. The zero-order valence-electron chi connectivity index (χ0n) is 8.92. The Labute approximate surface area is 88.6 Å². The zero-order chi connectivity index (χ0) is 11.6. The van der Waals surface area contributed by atoms with Crippen molar-refractivity contribution in [3.05, 3.63) is 33.2 Å². The van der Waals surface area contributed by atoms with Crippen LogP contribution in [-0.2, 0) is 16.6 Å². The van der Waals surface area contributed by atoms with Crippen molar-refractivity contribution in [1.29, 1.82) is 0 Å². The van der Waals surface area contributed by atoms with Crippen molar-refractivity contribution in [2.24, 2.45) is 0 Å². The van der Waals surface area contributed by atoms with E-state index in [4.69, 9.17) is 0 Å². The molecule has 6 heteroatoms. The molecule has 0 atom stereocenters. The molecule has 1 heterocycles. The van der Waals surface area contributed by atoms with E-state index in [0.29, 0.717) is 5.56 Å². The van der Waals surface area contributed by atoms with Crippen molar-refractivity contribution < 1.29 is 8.42 Å². The molecular formula is C9H14N2O3S. The highest BCUT2D eigenvalue weighted by molar-refractivity contribution is 7.88. The van der Waals surface area contributed by atoms with Crippen LogP contribution in [0.2, 0.25) is 0 Å². The van der Waals surface area contributed by atoms with E-state index in [0.717, 1.165) is 17.5 Å². The van der Waals surface area contributed by atoms with E-state index in [1.165, 1.54) is 0 Å². The average Bonchev–Trinajstić information content (AvgIpc) is 1.99. The average molecular weight is 230 g/mol. The Morgan fingerprint density at radius 3 is 2.47 bits per heavy atom. The molecule has 0 aromatic carbocycles. The highest BCUT2D eigenvalue weighted by Crippen LogP contribution is 2.03. The molecule has 0 bridgehead atoms. The number of H-pyrrole nitrogens is 1. The van der Waals surface area contributed by atoms with Crippen LogP contribution in [0.4, 0.5) is 0 Å². The van der Waals surface area contributed by atoms with Crippen molar-refractivity contribution >= 4 is 10.0 Å². The van der Waals surface area contributed by atoms with Gasteiger partial charge in [0.05, 0.1) is 6.26 Å². The molecule has 0 saturated carbocycles. The third-order valence-corrected chi connectivity index (χ3v) is 2.67. The molecule has 0 spiro atoms. The summed E-state index contributed by atoms with van der Waals surface area (Å²) < 4.78 is 24.0. The molecule has 0 radical (unpaired) electrons. The number of aromatic nitrogens is 1. The fourth-order valence-corrected chi connectivity index (χ4v) is 1.71. The van der Waals surface area contributed by atoms with Crippen LogP contribution < -0.4 is 10.3 Å². The van der Waals surface area contributed by atoms with Crippen LogP contribution in [0.5, 0.6) is 0 Å². The number of pyridine rings is 1. The van der Waals surface area contributed by atoms with Crippen LogP contribution in [0.1, 0.15) is 16.8 Å². The van der Waals surface area contributed by atoms with Gasteiger partial charge in [0.15, 0.2) is 0 Å². The molecule has 0 unspecified atom stereocenters. The third-order valence-electron chi connectivity index (χ3n) is 2.00. The van der Waals surface area contributed by atoms with Gasteiger partial charge in [0.2, 0.25) is 10.0 Å². The molecule has 0 amide bonds. The first-order chi connectivity index (χ1) is 6.79. The Hall–Kier alpha value is -1.14. The van der Waals surface area contributed by atoms with Gasteiger partial charge in [0, 0.05) is 17.8 Å². The second-order valence-electron chi connectivity index (χ2n) is 3.54. The summed E-state index contributed by atoms with van der Waals surface area (Å²) in [5, 5.41) is 0. The number of aryl methyl sites for hydroxylation is 2. The molecule has 1 aromatic heterocycles. The Morgan fingerprint density at radius 2 is 2.00 bits per heavy atom. The lowest BCUT2D eigenvalue weighted by Gasteiger charge is -2.06. The van der Waals surface area contributed by atoms with Crippen molar-refractivity contribution in [2.45, 2.75) is 20.4 Å². The highest BCUT2D eigenvalue weighted by Gasteiger charge is 2.07. The number of nitrogens with one attached hydrogen (secondary N) is 2. The Morgan fingerprint density at radius 1 is 1.40 bits per heavy atom. The fraction of sp³-hybridized carbons (Fsp3) is 0.444. The summed E-state index contributed by atoms with van der Waals surface area (Å²) in [6.07, 6.45) is 1.06. The smallest absolute Gasteiger partial charge is 0.252 e. The minimum atomic E-state index is -3.27. The van der Waals surface area contributed by atoms with Crippen molar-refractivity contribution in [2.75, 3.05) is 6.26 Å². The zero-order valence-corrected chi connectivity index (χ0v) is 9.73. The maximum absolute atomic E-state index is 11.5. The maximum Gasteiger partial charge on any atom is 0.252 e. The standard InChI is InChI=1S/C9H14N2O3S/c1-6-4-7(2)11-9(12)8(6)5-10-15(3,13)14/h4,10H,5H2,1-3H3,(H,11,12). The van der Waals surface area contributed by atoms with Crippen LogP contribution in [0.3, 0.4) is 0 Å². The molecule has 0 aliphatic heterocycles. The number of sulfonamides is 1. The predicted molar refractivity (Wildman–Crippen MR) is 58.2 cm³/mol. The van der Waals surface area contributed by atoms with Crippen LogP contribution in [0, 0.1) is 13.8 Å². The molecule has 5 nitrogen and oxygen atoms in total. The monoisotopic (exact) mass is 230 g/mol. The summed E-state index contributed by atoms with van der Waals surface area (Å²) in [4.78, 5) is 14.1. The van der Waals surface area contributed by atoms with Crippen molar-refractivity contribution in [1.82, 2.24) is 9.71 Å². The molecule has 1 aromatic rings. The van der Waals surface area contributed by atoms with Gasteiger partial charge in [-0.2, -0.15) is 0 Å². The van der Waals surface area contributed by atoms with E-state index in [1.807, 2.05) is 0 Å². The summed E-state index contributed by atoms with van der Waals surface area (Å²) >= 11 is 0. The Kier molecular flexibility index (Phi) is 3.31. The molecule has 0 saturated heterocycles. The molecule has 0 aliphatic carbocycles. The van der Waals surface area contributed by atoms with Gasteiger partial charge in [-0.3, -0.25) is 4.79 Å². The highest BCUT2D eigenvalue weighted by atomic mass is 32.2. The maximum atomic E-state index is 11.5. The minimum absolute atomic E-state index is 0.0281. The van der Waals surface area contributed by atoms with Gasteiger partial charge in [-0.1, -0.05) is 0 Å². The molecule has 1 rings (SSSR count).